The van der Waals surface area contributed by atoms with Crippen molar-refractivity contribution in [1.29, 1.82) is 0 Å². The second-order valence-electron chi connectivity index (χ2n) is 5.19. The quantitative estimate of drug-likeness (QED) is 0.600. The van der Waals surface area contributed by atoms with Crippen LogP contribution in [0.5, 0.6) is 0 Å². The van der Waals surface area contributed by atoms with Crippen molar-refractivity contribution in [2.24, 2.45) is 11.8 Å². The molecule has 0 amide bonds. The molecular weight excluding hydrogens is 176 g/mol. The van der Waals surface area contributed by atoms with Crippen LogP contribution in [0.25, 0.3) is 0 Å². The van der Waals surface area contributed by atoms with Crippen molar-refractivity contribution < 1.29 is 0 Å². The van der Waals surface area contributed by atoms with Crippen LogP contribution in [0.1, 0.15) is 60.3 Å². The average Bonchev–Trinajstić information content (AvgIpc) is 1.81. The third kappa shape index (κ3) is 7.42. The number of rotatable bonds is 6. The van der Waals surface area contributed by atoms with E-state index in [1.165, 1.54) is 25.7 Å². The van der Waals surface area contributed by atoms with Crippen LogP contribution in [0.4, 0.5) is 0 Å². The molecule has 0 fully saturated rings. The highest BCUT2D eigenvalue weighted by Gasteiger charge is 2.22. The molecule has 0 N–H and O–H groups in total. The Morgan fingerprint density at radius 1 is 1.15 bits per heavy atom. The van der Waals surface area contributed by atoms with Gasteiger partial charge in [-0.15, -0.1) is 0 Å². The normalized spacial score (nSPS) is 18.7. The molecule has 0 unspecified atom stereocenters. The van der Waals surface area contributed by atoms with Crippen molar-refractivity contribution in [2.75, 3.05) is 0 Å². The Morgan fingerprint density at radius 3 is 2.08 bits per heavy atom. The molecule has 0 rings (SSSR count). The summed E-state index contributed by atoms with van der Waals surface area (Å²) in [6.45, 7) is 11.4. The minimum Gasteiger partial charge on any atom is -0.173 e. The molecule has 0 aliphatic rings. The van der Waals surface area contributed by atoms with E-state index in [1.54, 1.807) is 0 Å². The molecule has 0 aliphatic heterocycles. The summed E-state index contributed by atoms with van der Waals surface area (Å²) in [7, 11) is 0. The maximum absolute atomic E-state index is 4.76. The molecule has 80 valence electrons. The van der Waals surface area contributed by atoms with Crippen LogP contribution >= 0.6 is 12.6 Å². The lowest BCUT2D eigenvalue weighted by Gasteiger charge is -2.28. The summed E-state index contributed by atoms with van der Waals surface area (Å²) in [6.07, 6.45) is 5.12. The number of hydrogen-bond donors (Lipinski definition) is 1. The summed E-state index contributed by atoms with van der Waals surface area (Å²) < 4.78 is 0.239. The molecule has 0 aromatic heterocycles. The second-order valence-corrected chi connectivity index (χ2v) is 6.27. The van der Waals surface area contributed by atoms with Gasteiger partial charge in [0.25, 0.3) is 0 Å². The van der Waals surface area contributed by atoms with Gasteiger partial charge in [0.1, 0.15) is 0 Å². The zero-order chi connectivity index (χ0) is 10.5. The number of thiol groups is 1. The molecule has 0 saturated heterocycles. The van der Waals surface area contributed by atoms with Crippen LogP contribution in [0.3, 0.4) is 0 Å². The van der Waals surface area contributed by atoms with Crippen LogP contribution in [0, 0.1) is 11.8 Å². The molecule has 0 spiro atoms. The summed E-state index contributed by atoms with van der Waals surface area (Å²) in [5, 5.41) is 0. The van der Waals surface area contributed by atoms with Gasteiger partial charge >= 0.3 is 0 Å². The van der Waals surface area contributed by atoms with Gasteiger partial charge in [0, 0.05) is 4.75 Å². The monoisotopic (exact) mass is 202 g/mol. The Morgan fingerprint density at radius 2 is 1.69 bits per heavy atom. The zero-order valence-electron chi connectivity index (χ0n) is 9.93. The Kier molecular flexibility index (Phi) is 6.11. The van der Waals surface area contributed by atoms with Crippen molar-refractivity contribution in [3.63, 3.8) is 0 Å². The fourth-order valence-corrected chi connectivity index (χ4v) is 2.99. The van der Waals surface area contributed by atoms with Crippen molar-refractivity contribution in [2.45, 2.75) is 65.0 Å². The van der Waals surface area contributed by atoms with Crippen LogP contribution in [0.2, 0.25) is 0 Å². The van der Waals surface area contributed by atoms with E-state index in [9.17, 15) is 0 Å². The maximum atomic E-state index is 4.76. The Labute approximate surface area is 89.9 Å². The molecule has 1 heteroatoms. The van der Waals surface area contributed by atoms with Gasteiger partial charge in [-0.05, 0) is 24.7 Å². The molecule has 0 heterocycles. The fraction of sp³-hybridized carbons (Fsp3) is 1.00. The van der Waals surface area contributed by atoms with E-state index in [2.05, 4.69) is 34.6 Å². The van der Waals surface area contributed by atoms with Gasteiger partial charge in [-0.2, -0.15) is 12.6 Å². The highest BCUT2D eigenvalue weighted by atomic mass is 32.1. The van der Waals surface area contributed by atoms with Crippen LogP contribution in [-0.4, -0.2) is 4.75 Å². The lowest BCUT2D eigenvalue weighted by atomic mass is 9.87. The van der Waals surface area contributed by atoms with Crippen molar-refractivity contribution in [1.82, 2.24) is 0 Å². The van der Waals surface area contributed by atoms with E-state index in [-0.39, 0.29) is 4.75 Å². The molecule has 0 aliphatic carbocycles. The number of hydrogen-bond acceptors (Lipinski definition) is 1. The first-order valence-corrected chi connectivity index (χ1v) is 6.04. The van der Waals surface area contributed by atoms with Gasteiger partial charge in [0.15, 0.2) is 0 Å². The van der Waals surface area contributed by atoms with Crippen LogP contribution in [-0.2, 0) is 0 Å². The topological polar surface area (TPSA) is 0 Å². The molecule has 0 aromatic rings. The third-order valence-electron chi connectivity index (χ3n) is 2.42. The smallest absolute Gasteiger partial charge is 0.0106 e. The summed E-state index contributed by atoms with van der Waals surface area (Å²) in [5.41, 5.74) is 0. The van der Waals surface area contributed by atoms with E-state index < -0.39 is 0 Å². The molecule has 0 nitrogen and oxygen atoms in total. The highest BCUT2D eigenvalue weighted by molar-refractivity contribution is 7.81. The van der Waals surface area contributed by atoms with E-state index in [1.807, 2.05) is 0 Å². The van der Waals surface area contributed by atoms with E-state index >= 15 is 0 Å². The maximum Gasteiger partial charge on any atom is 0.0106 e. The van der Waals surface area contributed by atoms with Crippen LogP contribution < -0.4 is 0 Å². The molecule has 0 saturated carbocycles. The van der Waals surface area contributed by atoms with Crippen molar-refractivity contribution >= 4 is 12.6 Å². The van der Waals surface area contributed by atoms with Gasteiger partial charge in [-0.3, -0.25) is 0 Å². The van der Waals surface area contributed by atoms with Gasteiger partial charge in [-0.25, -0.2) is 0 Å². The lowest BCUT2D eigenvalue weighted by Crippen LogP contribution is -2.22. The lowest BCUT2D eigenvalue weighted by molar-refractivity contribution is 0.374. The van der Waals surface area contributed by atoms with Crippen molar-refractivity contribution in [3.05, 3.63) is 0 Å². The van der Waals surface area contributed by atoms with Gasteiger partial charge in [0.2, 0.25) is 0 Å². The molecule has 0 aromatic carbocycles. The van der Waals surface area contributed by atoms with Crippen molar-refractivity contribution in [3.8, 4) is 0 Å². The SMILES string of the molecule is CCC[C@@H](C)C[C@@](C)(S)CC(C)C. The molecule has 0 bridgehead atoms. The summed E-state index contributed by atoms with van der Waals surface area (Å²) in [5.74, 6) is 1.59. The van der Waals surface area contributed by atoms with Gasteiger partial charge in [0.05, 0.1) is 0 Å². The predicted octanol–water partition coefficient (Wildman–Crippen LogP) is 4.55. The Balaban J connectivity index is 3.85. The summed E-state index contributed by atoms with van der Waals surface area (Å²) in [4.78, 5) is 0. The first kappa shape index (κ1) is 13.4. The predicted molar refractivity (Wildman–Crippen MR) is 65.5 cm³/mol. The first-order valence-electron chi connectivity index (χ1n) is 5.59. The van der Waals surface area contributed by atoms with Gasteiger partial charge in [-0.1, -0.05) is 47.5 Å². The minimum absolute atomic E-state index is 0.239. The fourth-order valence-electron chi connectivity index (χ4n) is 2.31. The Hall–Kier alpha value is 0.350. The standard InChI is InChI=1S/C12H26S/c1-6-7-11(4)9-12(5,13)8-10(2)3/h10-11,13H,6-9H2,1-5H3/t11-,12+/m1/s1. The van der Waals surface area contributed by atoms with E-state index in [0.717, 1.165) is 11.8 Å². The zero-order valence-corrected chi connectivity index (χ0v) is 10.8. The molecule has 0 radical (unpaired) electrons. The summed E-state index contributed by atoms with van der Waals surface area (Å²) in [6, 6.07) is 0. The van der Waals surface area contributed by atoms with E-state index in [0.29, 0.717) is 0 Å². The van der Waals surface area contributed by atoms with E-state index in [4.69, 9.17) is 12.6 Å². The molecule has 2 atom stereocenters. The molecular formula is C12H26S. The molecule has 13 heavy (non-hydrogen) atoms. The third-order valence-corrected chi connectivity index (χ3v) is 2.78. The average molecular weight is 202 g/mol. The Bertz CT molecular complexity index is 127. The summed E-state index contributed by atoms with van der Waals surface area (Å²) >= 11 is 4.76. The minimum atomic E-state index is 0.239. The van der Waals surface area contributed by atoms with Gasteiger partial charge < -0.3 is 0 Å². The first-order chi connectivity index (χ1) is 5.87. The van der Waals surface area contributed by atoms with Crippen LogP contribution in [0.15, 0.2) is 0 Å². The largest absolute Gasteiger partial charge is 0.173 e. The second kappa shape index (κ2) is 5.95. The highest BCUT2D eigenvalue weighted by Crippen LogP contribution is 2.31.